The molecular formula is C43H49F2N7O4. The van der Waals surface area contributed by atoms with Gasteiger partial charge in [-0.15, -0.1) is 6.42 Å². The molecule has 0 aliphatic carbocycles. The van der Waals surface area contributed by atoms with E-state index in [1.54, 1.807) is 18.2 Å². The Labute approximate surface area is 324 Å². The third-order valence-electron chi connectivity index (χ3n) is 12.1. The van der Waals surface area contributed by atoms with Crippen LogP contribution in [0.4, 0.5) is 20.3 Å². The van der Waals surface area contributed by atoms with Crippen molar-refractivity contribution in [1.82, 2.24) is 24.8 Å². The number of pyridine rings is 1. The van der Waals surface area contributed by atoms with E-state index >= 15 is 8.78 Å². The molecule has 0 bridgehead atoms. The SMILES string of the molecule is C#Cc1c(F)ccc2cc(N)cc(-c3nc(CCCC4CCCCN(Cc5oc(=O)oc5C(C)C)C4)c4c(N)nc(OCC56CCCN5CCC6)nc4c3F)c12. The summed E-state index contributed by atoms with van der Waals surface area (Å²) in [6, 6.07) is 6.12. The maximum Gasteiger partial charge on any atom is 0.519 e. The average Bonchev–Trinajstić information content (AvgIpc) is 3.81. The number of nitrogen functional groups attached to an aromatic ring is 2. The smallest absolute Gasteiger partial charge is 0.461 e. The molecule has 0 saturated carbocycles. The number of nitrogens with two attached hydrogens (primary N) is 2. The van der Waals surface area contributed by atoms with Crippen molar-refractivity contribution in [1.29, 1.82) is 0 Å². The lowest BCUT2D eigenvalue weighted by molar-refractivity contribution is 0.108. The van der Waals surface area contributed by atoms with Crippen molar-refractivity contribution in [2.75, 3.05) is 44.3 Å². The highest BCUT2D eigenvalue weighted by atomic mass is 19.1. The molecule has 1 unspecified atom stereocenters. The van der Waals surface area contributed by atoms with E-state index in [1.165, 1.54) is 6.07 Å². The fourth-order valence-electron chi connectivity index (χ4n) is 9.45. The molecule has 2 aromatic carbocycles. The Morgan fingerprint density at radius 2 is 1.84 bits per heavy atom. The van der Waals surface area contributed by atoms with Crippen LogP contribution < -0.4 is 22.0 Å². The first-order valence-electron chi connectivity index (χ1n) is 19.9. The minimum Gasteiger partial charge on any atom is -0.461 e. The predicted octanol–water partition coefficient (Wildman–Crippen LogP) is 7.57. The molecule has 3 aliphatic rings. The lowest BCUT2D eigenvalue weighted by Gasteiger charge is -2.31. The zero-order valence-electron chi connectivity index (χ0n) is 32.1. The third kappa shape index (κ3) is 7.21. The first-order valence-corrected chi connectivity index (χ1v) is 19.9. The van der Waals surface area contributed by atoms with E-state index in [2.05, 4.69) is 25.7 Å². The van der Waals surface area contributed by atoms with Crippen molar-refractivity contribution in [3.05, 3.63) is 69.3 Å². The van der Waals surface area contributed by atoms with Gasteiger partial charge < -0.3 is 25.0 Å². The van der Waals surface area contributed by atoms with Crippen molar-refractivity contribution in [3.8, 4) is 29.6 Å². The zero-order valence-corrected chi connectivity index (χ0v) is 32.1. The first kappa shape index (κ1) is 37.8. The maximum absolute atomic E-state index is 17.1. The number of hydrogen-bond donors (Lipinski definition) is 2. The van der Waals surface area contributed by atoms with Gasteiger partial charge in [0, 0.05) is 29.1 Å². The van der Waals surface area contributed by atoms with E-state index in [-0.39, 0.29) is 45.6 Å². The molecule has 0 radical (unpaired) electrons. The van der Waals surface area contributed by atoms with Crippen molar-refractivity contribution < 1.29 is 22.4 Å². The fourth-order valence-corrected chi connectivity index (χ4v) is 9.45. The van der Waals surface area contributed by atoms with Crippen LogP contribution in [-0.4, -0.2) is 63.1 Å². The van der Waals surface area contributed by atoms with Crippen LogP contribution in [0.15, 0.2) is 37.9 Å². The molecule has 3 fully saturated rings. The molecule has 56 heavy (non-hydrogen) atoms. The van der Waals surface area contributed by atoms with Gasteiger partial charge in [0.15, 0.2) is 17.3 Å². The summed E-state index contributed by atoms with van der Waals surface area (Å²) in [5.74, 6) is 2.11. The second kappa shape index (κ2) is 15.5. The van der Waals surface area contributed by atoms with Crippen LogP contribution in [0.25, 0.3) is 32.9 Å². The van der Waals surface area contributed by atoms with Crippen LogP contribution in [0.3, 0.4) is 0 Å². The Hall–Kier alpha value is -5.06. The number of benzene rings is 2. The molecule has 11 nitrogen and oxygen atoms in total. The largest absolute Gasteiger partial charge is 0.519 e. The highest BCUT2D eigenvalue weighted by molar-refractivity contribution is 6.04. The van der Waals surface area contributed by atoms with Crippen molar-refractivity contribution >= 4 is 33.2 Å². The Bertz CT molecular complexity index is 2370. The Morgan fingerprint density at radius 1 is 1.04 bits per heavy atom. The van der Waals surface area contributed by atoms with Gasteiger partial charge in [0.2, 0.25) is 0 Å². The summed E-state index contributed by atoms with van der Waals surface area (Å²) in [5, 5.41) is 1.23. The van der Waals surface area contributed by atoms with Crippen LogP contribution in [0, 0.1) is 29.9 Å². The molecule has 13 heteroatoms. The molecule has 0 amide bonds. The Kier molecular flexibility index (Phi) is 10.5. The van der Waals surface area contributed by atoms with Gasteiger partial charge in [0.05, 0.1) is 28.7 Å². The van der Waals surface area contributed by atoms with E-state index in [0.29, 0.717) is 64.6 Å². The van der Waals surface area contributed by atoms with Gasteiger partial charge in [-0.2, -0.15) is 9.97 Å². The van der Waals surface area contributed by atoms with Crippen LogP contribution >= 0.6 is 0 Å². The summed E-state index contributed by atoms with van der Waals surface area (Å²) in [6.07, 6.45) is 15.3. The normalized spacial score (nSPS) is 18.8. The highest BCUT2D eigenvalue weighted by Gasteiger charge is 2.45. The molecule has 1 atom stereocenters. The molecule has 3 saturated heterocycles. The number of terminal acetylenes is 1. The number of ether oxygens (including phenoxy) is 1. The van der Waals surface area contributed by atoms with Gasteiger partial charge in [0.1, 0.15) is 29.5 Å². The summed E-state index contributed by atoms with van der Waals surface area (Å²) < 4.78 is 49.3. The number of anilines is 2. The van der Waals surface area contributed by atoms with Gasteiger partial charge in [-0.05, 0) is 107 Å². The van der Waals surface area contributed by atoms with E-state index in [1.807, 2.05) is 13.8 Å². The molecule has 3 aromatic heterocycles. The second-order valence-corrected chi connectivity index (χ2v) is 16.2. The number of aromatic nitrogens is 3. The molecule has 3 aliphatic heterocycles. The third-order valence-corrected chi connectivity index (χ3v) is 12.1. The lowest BCUT2D eigenvalue weighted by atomic mass is 9.94. The number of aryl methyl sites for hydroxylation is 1. The minimum absolute atomic E-state index is 0.00311. The summed E-state index contributed by atoms with van der Waals surface area (Å²) in [6.45, 7) is 8.64. The molecule has 0 spiro atoms. The number of rotatable bonds is 11. The maximum atomic E-state index is 17.1. The van der Waals surface area contributed by atoms with E-state index < -0.39 is 17.5 Å². The topological polar surface area (TPSA) is 150 Å². The van der Waals surface area contributed by atoms with E-state index in [4.69, 9.17) is 36.4 Å². The van der Waals surface area contributed by atoms with Crippen molar-refractivity contribution in [3.63, 3.8) is 0 Å². The fraction of sp³-hybridized carbons (Fsp3) is 0.488. The van der Waals surface area contributed by atoms with Gasteiger partial charge in [-0.3, -0.25) is 9.80 Å². The number of hydrogen-bond acceptors (Lipinski definition) is 11. The summed E-state index contributed by atoms with van der Waals surface area (Å²) in [5.41, 5.74) is 14.0. The Balaban J connectivity index is 1.13. The van der Waals surface area contributed by atoms with Gasteiger partial charge in [-0.25, -0.2) is 18.6 Å². The Morgan fingerprint density at radius 3 is 2.61 bits per heavy atom. The monoisotopic (exact) mass is 765 g/mol. The number of fused-ring (bicyclic) bond motifs is 3. The second-order valence-electron chi connectivity index (χ2n) is 16.2. The number of likely N-dealkylation sites (tertiary alicyclic amines) is 1. The average molecular weight is 766 g/mol. The van der Waals surface area contributed by atoms with Crippen molar-refractivity contribution in [2.24, 2.45) is 5.92 Å². The summed E-state index contributed by atoms with van der Waals surface area (Å²) >= 11 is 0. The minimum atomic E-state index is -0.741. The van der Waals surface area contributed by atoms with Gasteiger partial charge in [-0.1, -0.05) is 32.3 Å². The summed E-state index contributed by atoms with van der Waals surface area (Å²) in [4.78, 5) is 30.9. The molecular weight excluding hydrogens is 717 g/mol. The van der Waals surface area contributed by atoms with E-state index in [0.717, 1.165) is 84.0 Å². The van der Waals surface area contributed by atoms with Gasteiger partial charge >= 0.3 is 11.8 Å². The molecule has 8 rings (SSSR count). The lowest BCUT2D eigenvalue weighted by Crippen LogP contribution is -2.43. The van der Waals surface area contributed by atoms with Crippen LogP contribution in [0.1, 0.15) is 100 Å². The molecule has 4 N–H and O–H groups in total. The molecule has 6 heterocycles. The number of halogens is 2. The molecule has 294 valence electrons. The van der Waals surface area contributed by atoms with Crippen LogP contribution in [0.2, 0.25) is 0 Å². The molecule has 5 aromatic rings. The van der Waals surface area contributed by atoms with Gasteiger partial charge in [0.25, 0.3) is 0 Å². The quantitative estimate of drug-likeness (QED) is 0.101. The van der Waals surface area contributed by atoms with E-state index in [9.17, 15) is 4.79 Å². The number of nitrogens with zero attached hydrogens (tertiary/aromatic N) is 5. The van der Waals surface area contributed by atoms with Crippen LogP contribution in [-0.2, 0) is 13.0 Å². The zero-order chi connectivity index (χ0) is 39.1. The first-order chi connectivity index (χ1) is 27.0. The summed E-state index contributed by atoms with van der Waals surface area (Å²) in [7, 11) is 0. The van der Waals surface area contributed by atoms with Crippen LogP contribution in [0.5, 0.6) is 6.01 Å². The standard InChI is InChI=1S/C43H49F2N7O4/c1-4-29-31(44)14-13-27-20-28(46)21-30(34(27)29)37-36(45)38-35(40(47)50-41(49-38)54-24-43-15-8-18-52(43)19-9-16-43)32(48-37)12-7-11-26-10-5-6-17-51(22-26)23-33-39(25(2)3)56-42(53)55-33/h1,13-14,20-21,25-26H,5-12,15-19,22-24,46H2,2-3H3,(H2,47,49,50). The predicted molar refractivity (Wildman–Crippen MR) is 212 cm³/mol. The highest BCUT2D eigenvalue weighted by Crippen LogP contribution is 2.41. The van der Waals surface area contributed by atoms with Crippen molar-refractivity contribution in [2.45, 2.75) is 96.1 Å².